The first-order chi connectivity index (χ1) is 8.63. The fourth-order valence-corrected chi connectivity index (χ4v) is 2.05. The molecular formula is C14H20N4. The van der Waals surface area contributed by atoms with E-state index in [9.17, 15) is 0 Å². The van der Waals surface area contributed by atoms with Gasteiger partial charge in [0.25, 0.3) is 0 Å². The normalized spacial score (nSPS) is 20.4. The van der Waals surface area contributed by atoms with Gasteiger partial charge in [0.15, 0.2) is 0 Å². The lowest BCUT2D eigenvalue weighted by molar-refractivity contribution is 0.373. The van der Waals surface area contributed by atoms with Crippen LogP contribution in [0.3, 0.4) is 0 Å². The van der Waals surface area contributed by atoms with Crippen LogP contribution < -0.4 is 5.43 Å². The maximum atomic E-state index is 4.27. The second-order valence-electron chi connectivity index (χ2n) is 4.43. The Bertz CT molecular complexity index is 468. The maximum absolute atomic E-state index is 4.27. The lowest BCUT2D eigenvalue weighted by Gasteiger charge is -2.28. The van der Waals surface area contributed by atoms with Crippen molar-refractivity contribution in [2.75, 3.05) is 13.6 Å². The van der Waals surface area contributed by atoms with Crippen molar-refractivity contribution in [3.8, 4) is 0 Å². The third-order valence-corrected chi connectivity index (χ3v) is 3.05. The summed E-state index contributed by atoms with van der Waals surface area (Å²) in [6.07, 6.45) is 9.12. The lowest BCUT2D eigenvalue weighted by Crippen LogP contribution is -2.26. The summed E-state index contributed by atoms with van der Waals surface area (Å²) < 4.78 is 0. The fourth-order valence-electron chi connectivity index (χ4n) is 2.05. The molecule has 1 N–H and O–H groups in total. The van der Waals surface area contributed by atoms with Gasteiger partial charge in [-0.2, -0.15) is 0 Å². The van der Waals surface area contributed by atoms with Crippen LogP contribution in [0.4, 0.5) is 0 Å². The Morgan fingerprint density at radius 1 is 1.61 bits per heavy atom. The van der Waals surface area contributed by atoms with Gasteiger partial charge in [0, 0.05) is 43.5 Å². The molecule has 0 bridgehead atoms. The van der Waals surface area contributed by atoms with Gasteiger partial charge in [-0.3, -0.25) is 4.99 Å². The van der Waals surface area contributed by atoms with Gasteiger partial charge in [0.05, 0.1) is 11.4 Å². The zero-order valence-corrected chi connectivity index (χ0v) is 11.3. The SMILES string of the molecule is C=C1C(C)=NC=CN1/C(=C\CC)C1=CN(C)NC1. The van der Waals surface area contributed by atoms with Crippen LogP contribution in [-0.4, -0.2) is 29.2 Å². The van der Waals surface area contributed by atoms with Crippen molar-refractivity contribution in [3.63, 3.8) is 0 Å². The summed E-state index contributed by atoms with van der Waals surface area (Å²) in [7, 11) is 2.00. The maximum Gasteiger partial charge on any atom is 0.0607 e. The van der Waals surface area contributed by atoms with E-state index in [2.05, 4.69) is 41.1 Å². The number of hydrogen-bond donors (Lipinski definition) is 1. The predicted octanol–water partition coefficient (Wildman–Crippen LogP) is 2.38. The predicted molar refractivity (Wildman–Crippen MR) is 75.5 cm³/mol. The quantitative estimate of drug-likeness (QED) is 0.827. The van der Waals surface area contributed by atoms with Crippen LogP contribution in [-0.2, 0) is 0 Å². The van der Waals surface area contributed by atoms with E-state index < -0.39 is 0 Å². The minimum Gasteiger partial charge on any atom is -0.318 e. The number of nitrogens with zero attached hydrogens (tertiary/aromatic N) is 3. The topological polar surface area (TPSA) is 30.9 Å². The second-order valence-corrected chi connectivity index (χ2v) is 4.43. The average Bonchev–Trinajstić information content (AvgIpc) is 2.77. The van der Waals surface area contributed by atoms with E-state index in [-0.39, 0.29) is 0 Å². The molecule has 0 aromatic rings. The summed E-state index contributed by atoms with van der Waals surface area (Å²) in [5.41, 5.74) is 7.61. The molecule has 2 heterocycles. The van der Waals surface area contributed by atoms with Gasteiger partial charge >= 0.3 is 0 Å². The molecule has 0 aromatic carbocycles. The molecular weight excluding hydrogens is 224 g/mol. The molecule has 0 spiro atoms. The van der Waals surface area contributed by atoms with Gasteiger partial charge in [-0.1, -0.05) is 19.6 Å². The van der Waals surface area contributed by atoms with Crippen LogP contribution in [0.5, 0.6) is 0 Å². The van der Waals surface area contributed by atoms with E-state index >= 15 is 0 Å². The van der Waals surface area contributed by atoms with Crippen LogP contribution in [0.2, 0.25) is 0 Å². The molecule has 0 fully saturated rings. The smallest absolute Gasteiger partial charge is 0.0607 e. The highest BCUT2D eigenvalue weighted by Gasteiger charge is 2.20. The summed E-state index contributed by atoms with van der Waals surface area (Å²) in [5.74, 6) is 0. The standard InChI is InChI=1S/C14H20N4/c1-5-6-14(13-9-16-17(4)10-13)18-8-7-15-11(2)12(18)3/h6-8,10,16H,3,5,9H2,1-2,4H3/b14-6-. The first-order valence-corrected chi connectivity index (χ1v) is 6.20. The first-order valence-electron chi connectivity index (χ1n) is 6.20. The highest BCUT2D eigenvalue weighted by atomic mass is 15.5. The van der Waals surface area contributed by atoms with Crippen molar-refractivity contribution in [1.82, 2.24) is 15.3 Å². The number of aliphatic imine (C=N–C) groups is 1. The Labute approximate surface area is 109 Å². The van der Waals surface area contributed by atoms with Crippen LogP contribution in [0.25, 0.3) is 0 Å². The van der Waals surface area contributed by atoms with Gasteiger partial charge in [0.1, 0.15) is 0 Å². The van der Waals surface area contributed by atoms with E-state index in [0.717, 1.165) is 24.4 Å². The molecule has 0 atom stereocenters. The Hall–Kier alpha value is -1.81. The van der Waals surface area contributed by atoms with Gasteiger partial charge in [-0.15, -0.1) is 0 Å². The third-order valence-electron chi connectivity index (χ3n) is 3.05. The molecule has 0 radical (unpaired) electrons. The van der Waals surface area contributed by atoms with Crippen LogP contribution in [0, 0.1) is 0 Å². The molecule has 2 aliphatic rings. The minimum absolute atomic E-state index is 0.843. The zero-order valence-electron chi connectivity index (χ0n) is 11.3. The second kappa shape index (κ2) is 5.23. The van der Waals surface area contributed by atoms with Crippen molar-refractivity contribution in [2.24, 2.45) is 4.99 Å². The van der Waals surface area contributed by atoms with Crippen molar-refractivity contribution in [3.05, 3.63) is 48.2 Å². The van der Waals surface area contributed by atoms with E-state index in [1.165, 1.54) is 11.3 Å². The van der Waals surface area contributed by atoms with Crippen molar-refractivity contribution >= 4 is 5.71 Å². The number of allylic oxidation sites excluding steroid dienone is 2. The van der Waals surface area contributed by atoms with Crippen LogP contribution >= 0.6 is 0 Å². The fraction of sp³-hybridized carbons (Fsp3) is 0.357. The summed E-state index contributed by atoms with van der Waals surface area (Å²) in [6, 6.07) is 0. The van der Waals surface area contributed by atoms with E-state index in [4.69, 9.17) is 0 Å². The van der Waals surface area contributed by atoms with Gasteiger partial charge in [0.2, 0.25) is 0 Å². The molecule has 2 aliphatic heterocycles. The van der Waals surface area contributed by atoms with Gasteiger partial charge < -0.3 is 9.91 Å². The Morgan fingerprint density at radius 3 is 3.00 bits per heavy atom. The van der Waals surface area contributed by atoms with Crippen molar-refractivity contribution in [1.29, 1.82) is 0 Å². The van der Waals surface area contributed by atoms with Crippen LogP contribution in [0.15, 0.2) is 53.2 Å². The molecule has 0 aromatic heterocycles. The number of rotatable bonds is 3. The highest BCUT2D eigenvalue weighted by molar-refractivity contribution is 5.98. The number of hydrazine groups is 1. The summed E-state index contributed by atoms with van der Waals surface area (Å²) in [6.45, 7) is 9.08. The molecule has 0 unspecified atom stereocenters. The number of nitrogens with one attached hydrogen (secondary N) is 1. The Morgan fingerprint density at radius 2 is 2.39 bits per heavy atom. The number of hydrogen-bond acceptors (Lipinski definition) is 4. The molecule has 0 saturated heterocycles. The van der Waals surface area contributed by atoms with Gasteiger partial charge in [-0.05, 0) is 13.3 Å². The molecule has 4 heteroatoms. The summed E-state index contributed by atoms with van der Waals surface area (Å²) in [5, 5.41) is 1.98. The van der Waals surface area contributed by atoms with Crippen molar-refractivity contribution in [2.45, 2.75) is 20.3 Å². The third kappa shape index (κ3) is 2.38. The van der Waals surface area contributed by atoms with Gasteiger partial charge in [-0.25, -0.2) is 5.43 Å². The van der Waals surface area contributed by atoms with Crippen LogP contribution in [0.1, 0.15) is 20.3 Å². The molecule has 96 valence electrons. The molecule has 0 aliphatic carbocycles. The zero-order chi connectivity index (χ0) is 13.1. The average molecular weight is 244 g/mol. The Kier molecular flexibility index (Phi) is 3.67. The van der Waals surface area contributed by atoms with E-state index in [0.29, 0.717) is 0 Å². The minimum atomic E-state index is 0.843. The summed E-state index contributed by atoms with van der Waals surface area (Å²) in [4.78, 5) is 6.38. The Balaban J connectivity index is 2.30. The summed E-state index contributed by atoms with van der Waals surface area (Å²) >= 11 is 0. The molecule has 18 heavy (non-hydrogen) atoms. The van der Waals surface area contributed by atoms with E-state index in [1.54, 1.807) is 0 Å². The van der Waals surface area contributed by atoms with E-state index in [1.807, 2.05) is 31.4 Å². The molecule has 2 rings (SSSR count). The molecule has 0 saturated carbocycles. The molecule has 0 amide bonds. The first kappa shape index (κ1) is 12.6. The lowest BCUT2D eigenvalue weighted by atomic mass is 10.1. The monoisotopic (exact) mass is 244 g/mol. The molecule has 4 nitrogen and oxygen atoms in total. The highest BCUT2D eigenvalue weighted by Crippen LogP contribution is 2.25. The largest absolute Gasteiger partial charge is 0.318 e. The van der Waals surface area contributed by atoms with Crippen molar-refractivity contribution < 1.29 is 0 Å².